The minimum Gasteiger partial charge on any atom is -0.399 e. The SMILES string of the molecule is Cc1ccc(N)cc1NC(=O)CCN1CCC(O)CC1. The molecule has 110 valence electrons. The Bertz CT molecular complexity index is 468. The molecule has 0 saturated carbocycles. The number of hydrogen-bond donors (Lipinski definition) is 3. The highest BCUT2D eigenvalue weighted by atomic mass is 16.3. The zero-order valence-electron chi connectivity index (χ0n) is 11.9. The van der Waals surface area contributed by atoms with Crippen molar-refractivity contribution in [2.75, 3.05) is 30.7 Å². The number of carbonyl (C=O) groups excluding carboxylic acids is 1. The van der Waals surface area contributed by atoms with E-state index < -0.39 is 0 Å². The fourth-order valence-electron chi connectivity index (χ4n) is 2.39. The Kier molecular flexibility index (Phi) is 4.98. The van der Waals surface area contributed by atoms with Gasteiger partial charge in [-0.3, -0.25) is 4.79 Å². The molecule has 1 fully saturated rings. The van der Waals surface area contributed by atoms with E-state index in [4.69, 9.17) is 5.73 Å². The second-order valence-electron chi connectivity index (χ2n) is 5.45. The zero-order chi connectivity index (χ0) is 14.5. The Hall–Kier alpha value is -1.59. The number of carbonyl (C=O) groups is 1. The quantitative estimate of drug-likeness (QED) is 0.726. The summed E-state index contributed by atoms with van der Waals surface area (Å²) in [5.41, 5.74) is 8.16. The smallest absolute Gasteiger partial charge is 0.225 e. The highest BCUT2D eigenvalue weighted by molar-refractivity contribution is 5.92. The topological polar surface area (TPSA) is 78.6 Å². The molecule has 1 saturated heterocycles. The summed E-state index contributed by atoms with van der Waals surface area (Å²) in [6.45, 7) is 4.42. The van der Waals surface area contributed by atoms with Crippen LogP contribution in [0.1, 0.15) is 24.8 Å². The first-order chi connectivity index (χ1) is 9.54. The number of nitrogens with one attached hydrogen (secondary N) is 1. The third kappa shape index (κ3) is 4.21. The zero-order valence-corrected chi connectivity index (χ0v) is 11.9. The largest absolute Gasteiger partial charge is 0.399 e. The number of aliphatic hydroxyl groups excluding tert-OH is 1. The van der Waals surface area contributed by atoms with E-state index in [1.165, 1.54) is 0 Å². The number of anilines is 2. The van der Waals surface area contributed by atoms with E-state index in [2.05, 4.69) is 10.2 Å². The lowest BCUT2D eigenvalue weighted by atomic mass is 10.1. The van der Waals surface area contributed by atoms with Crippen LogP contribution >= 0.6 is 0 Å². The number of aliphatic hydroxyl groups is 1. The van der Waals surface area contributed by atoms with Crippen molar-refractivity contribution < 1.29 is 9.90 Å². The van der Waals surface area contributed by atoms with Crippen molar-refractivity contribution in [2.45, 2.75) is 32.3 Å². The number of amides is 1. The van der Waals surface area contributed by atoms with E-state index in [1.807, 2.05) is 19.1 Å². The molecule has 1 aliphatic rings. The molecule has 1 aliphatic heterocycles. The Labute approximate surface area is 119 Å². The van der Waals surface area contributed by atoms with Gasteiger partial charge in [0.05, 0.1) is 6.10 Å². The maximum Gasteiger partial charge on any atom is 0.225 e. The summed E-state index contributed by atoms with van der Waals surface area (Å²) in [4.78, 5) is 14.2. The van der Waals surface area contributed by atoms with Crippen LogP contribution in [0.15, 0.2) is 18.2 Å². The number of likely N-dealkylation sites (tertiary alicyclic amines) is 1. The van der Waals surface area contributed by atoms with Gasteiger partial charge >= 0.3 is 0 Å². The normalized spacial score (nSPS) is 17.1. The van der Waals surface area contributed by atoms with Gasteiger partial charge < -0.3 is 21.1 Å². The first kappa shape index (κ1) is 14.8. The first-order valence-corrected chi connectivity index (χ1v) is 7.11. The fourth-order valence-corrected chi connectivity index (χ4v) is 2.39. The van der Waals surface area contributed by atoms with Gasteiger partial charge in [0.1, 0.15) is 0 Å². The van der Waals surface area contributed by atoms with Gasteiger partial charge in [-0.25, -0.2) is 0 Å². The molecule has 0 bridgehead atoms. The summed E-state index contributed by atoms with van der Waals surface area (Å²) < 4.78 is 0. The maximum absolute atomic E-state index is 12.0. The molecular weight excluding hydrogens is 254 g/mol. The number of nitrogens with zero attached hydrogens (tertiary/aromatic N) is 1. The van der Waals surface area contributed by atoms with Crippen molar-refractivity contribution in [1.82, 2.24) is 4.90 Å². The Morgan fingerprint density at radius 2 is 2.15 bits per heavy atom. The molecule has 20 heavy (non-hydrogen) atoms. The van der Waals surface area contributed by atoms with E-state index in [-0.39, 0.29) is 12.0 Å². The predicted octanol–water partition coefficient (Wildman–Crippen LogP) is 1.36. The molecule has 4 N–H and O–H groups in total. The van der Waals surface area contributed by atoms with Crippen LogP contribution in [0.5, 0.6) is 0 Å². The third-order valence-corrected chi connectivity index (χ3v) is 3.75. The summed E-state index contributed by atoms with van der Waals surface area (Å²) >= 11 is 0. The number of nitrogen functional groups attached to an aromatic ring is 1. The van der Waals surface area contributed by atoms with Gasteiger partial charge in [0.2, 0.25) is 5.91 Å². The van der Waals surface area contributed by atoms with E-state index in [1.54, 1.807) is 6.07 Å². The van der Waals surface area contributed by atoms with Crippen LogP contribution in [0.25, 0.3) is 0 Å². The van der Waals surface area contributed by atoms with Gasteiger partial charge in [-0.2, -0.15) is 0 Å². The number of hydrogen-bond acceptors (Lipinski definition) is 4. The predicted molar refractivity (Wildman–Crippen MR) is 80.5 cm³/mol. The molecule has 1 amide bonds. The second kappa shape index (κ2) is 6.72. The molecular formula is C15H23N3O2. The van der Waals surface area contributed by atoms with Gasteiger partial charge in [-0.05, 0) is 37.5 Å². The average molecular weight is 277 g/mol. The highest BCUT2D eigenvalue weighted by Gasteiger charge is 2.17. The van der Waals surface area contributed by atoms with Crippen LogP contribution in [0.2, 0.25) is 0 Å². The molecule has 0 unspecified atom stereocenters. The number of rotatable bonds is 4. The second-order valence-corrected chi connectivity index (χ2v) is 5.45. The van der Waals surface area contributed by atoms with Gasteiger partial charge in [0.25, 0.3) is 0 Å². The Balaban J connectivity index is 1.79. The number of aryl methyl sites for hydroxylation is 1. The fraction of sp³-hybridized carbons (Fsp3) is 0.533. The number of nitrogens with two attached hydrogens (primary N) is 1. The molecule has 5 nitrogen and oxygen atoms in total. The number of piperidine rings is 1. The lowest BCUT2D eigenvalue weighted by Gasteiger charge is -2.29. The van der Waals surface area contributed by atoms with Crippen LogP contribution < -0.4 is 11.1 Å². The van der Waals surface area contributed by atoms with Crippen LogP contribution in [0.3, 0.4) is 0 Å². The molecule has 0 aliphatic carbocycles. The van der Waals surface area contributed by atoms with Crippen LogP contribution in [-0.2, 0) is 4.79 Å². The van der Waals surface area contributed by atoms with E-state index in [0.29, 0.717) is 12.1 Å². The highest BCUT2D eigenvalue weighted by Crippen LogP contribution is 2.18. The maximum atomic E-state index is 12.0. The third-order valence-electron chi connectivity index (χ3n) is 3.75. The van der Waals surface area contributed by atoms with Crippen LogP contribution in [0.4, 0.5) is 11.4 Å². The molecule has 0 radical (unpaired) electrons. The van der Waals surface area contributed by atoms with E-state index in [9.17, 15) is 9.90 Å². The summed E-state index contributed by atoms with van der Waals surface area (Å²) in [5.74, 6) is 0.00446. The molecule has 5 heteroatoms. The van der Waals surface area contributed by atoms with Gasteiger partial charge in [-0.1, -0.05) is 6.07 Å². The Morgan fingerprint density at radius 3 is 2.85 bits per heavy atom. The lowest BCUT2D eigenvalue weighted by molar-refractivity contribution is -0.116. The van der Waals surface area contributed by atoms with Crippen molar-refractivity contribution >= 4 is 17.3 Å². The molecule has 0 aromatic heterocycles. The van der Waals surface area contributed by atoms with Crippen molar-refractivity contribution in [1.29, 1.82) is 0 Å². The van der Waals surface area contributed by atoms with Crippen molar-refractivity contribution in [3.05, 3.63) is 23.8 Å². The van der Waals surface area contributed by atoms with Crippen molar-refractivity contribution in [2.24, 2.45) is 0 Å². The monoisotopic (exact) mass is 277 g/mol. The van der Waals surface area contributed by atoms with Gasteiger partial charge in [0.15, 0.2) is 0 Å². The van der Waals surface area contributed by atoms with Crippen LogP contribution in [-0.4, -0.2) is 41.7 Å². The molecule has 2 rings (SSSR count). The Morgan fingerprint density at radius 1 is 1.45 bits per heavy atom. The molecule has 1 aromatic carbocycles. The summed E-state index contributed by atoms with van der Waals surface area (Å²) in [6.07, 6.45) is 1.89. The molecule has 0 atom stereocenters. The minimum absolute atomic E-state index is 0.00446. The van der Waals surface area contributed by atoms with Gasteiger partial charge in [-0.15, -0.1) is 0 Å². The van der Waals surface area contributed by atoms with E-state index in [0.717, 1.165) is 43.7 Å². The minimum atomic E-state index is -0.171. The van der Waals surface area contributed by atoms with Crippen molar-refractivity contribution in [3.8, 4) is 0 Å². The molecule has 1 heterocycles. The lowest BCUT2D eigenvalue weighted by Crippen LogP contribution is -2.37. The molecule has 1 aromatic rings. The molecule has 0 spiro atoms. The van der Waals surface area contributed by atoms with Gasteiger partial charge in [0, 0.05) is 37.4 Å². The van der Waals surface area contributed by atoms with Crippen molar-refractivity contribution in [3.63, 3.8) is 0 Å². The van der Waals surface area contributed by atoms with E-state index >= 15 is 0 Å². The first-order valence-electron chi connectivity index (χ1n) is 7.11. The van der Waals surface area contributed by atoms with Crippen LogP contribution in [0, 0.1) is 6.92 Å². The summed E-state index contributed by atoms with van der Waals surface area (Å²) in [7, 11) is 0. The average Bonchev–Trinajstić information content (AvgIpc) is 2.42. The summed E-state index contributed by atoms with van der Waals surface area (Å²) in [5, 5.41) is 12.3. The standard InChI is InChI=1S/C15H23N3O2/c1-11-2-3-12(16)10-14(11)17-15(20)6-9-18-7-4-13(19)5-8-18/h2-3,10,13,19H,4-9,16H2,1H3,(H,17,20). The summed E-state index contributed by atoms with van der Waals surface area (Å²) in [6, 6.07) is 5.51. The number of benzene rings is 1.